The molecule has 29 nitrogen and oxygen atoms in total. The van der Waals surface area contributed by atoms with Gasteiger partial charge in [-0.25, -0.2) is 42.1 Å². The monoisotopic (exact) mass is 924 g/mol. The van der Waals surface area contributed by atoms with E-state index in [0.29, 0.717) is 0 Å². The van der Waals surface area contributed by atoms with Crippen LogP contribution in [0.4, 0.5) is 25.9 Å². The van der Waals surface area contributed by atoms with Crippen LogP contribution < -0.4 is 22.6 Å². The lowest BCUT2D eigenvalue weighted by atomic mass is 10.1. The number of nitrogens with zero attached hydrogens (tertiary/aromatic N) is 6. The molecule has 4 aromatic heterocycles. The van der Waals surface area contributed by atoms with Gasteiger partial charge in [0, 0.05) is 0 Å². The smallest absolute Gasteiger partial charge is 0.432 e. The second kappa shape index (κ2) is 17.9. The van der Waals surface area contributed by atoms with Gasteiger partial charge in [-0.1, -0.05) is 0 Å². The molecule has 0 aromatic carbocycles. The van der Waals surface area contributed by atoms with Crippen molar-refractivity contribution in [2.75, 3.05) is 38.3 Å². The van der Waals surface area contributed by atoms with Crippen LogP contribution in [-0.2, 0) is 64.7 Å². The summed E-state index contributed by atoms with van der Waals surface area (Å²) in [6, 6.07) is 0. The van der Waals surface area contributed by atoms with E-state index in [1.807, 2.05) is 0 Å². The molecule has 0 spiro atoms. The Morgan fingerprint density at radius 2 is 1.26 bits per heavy atom. The van der Waals surface area contributed by atoms with Gasteiger partial charge in [0.05, 0.1) is 38.1 Å². The van der Waals surface area contributed by atoms with Crippen molar-refractivity contribution in [3.05, 3.63) is 33.4 Å². The Balaban J connectivity index is 1.27. The largest absolute Gasteiger partial charge is 0.510 e. The highest BCUT2D eigenvalue weighted by Gasteiger charge is 2.55. The molecule has 7 rings (SSSR count). The lowest BCUT2D eigenvalue weighted by Crippen LogP contribution is -2.36. The molecule has 7 heterocycles. The van der Waals surface area contributed by atoms with Gasteiger partial charge in [-0.15, -0.1) is 0 Å². The summed E-state index contributed by atoms with van der Waals surface area (Å²) in [6.45, 7) is 1.74. The number of aliphatic hydroxyl groups is 1. The molecule has 0 radical (unpaired) electrons. The van der Waals surface area contributed by atoms with E-state index in [9.17, 15) is 33.4 Å². The Labute approximate surface area is 345 Å². The summed E-state index contributed by atoms with van der Waals surface area (Å²) < 4.78 is 112. The third kappa shape index (κ3) is 9.59. The van der Waals surface area contributed by atoms with Crippen LogP contribution in [-0.4, -0.2) is 132 Å². The third-order valence-corrected chi connectivity index (χ3v) is 11.5. The molecule has 6 unspecified atom stereocenters. The number of hydrogen-bond acceptors (Lipinski definition) is 25. The van der Waals surface area contributed by atoms with E-state index in [1.54, 1.807) is 0 Å². The van der Waals surface area contributed by atoms with E-state index in [4.69, 9.17) is 67.0 Å². The Hall–Kier alpha value is -5.13. The second-order valence-corrected chi connectivity index (χ2v) is 17.1. The molecule has 32 heteroatoms. The number of alkyl halides is 1. The maximum Gasteiger partial charge on any atom is 0.510 e. The number of aliphatic hydroxyl groups excluding tert-OH is 1. The number of imidazole rings is 2. The molecule has 340 valence electrons. The van der Waals surface area contributed by atoms with Crippen molar-refractivity contribution in [1.29, 1.82) is 0 Å². The molecule has 0 saturated carbocycles. The number of aromatic nitrogens is 8. The first kappa shape index (κ1) is 44.9. The number of fused-ring (bicyclic) bond motifs is 5. The van der Waals surface area contributed by atoms with Gasteiger partial charge >= 0.3 is 28.0 Å². The number of hydrogen-bond donors (Lipinski definition) is 5. The first-order valence-electron chi connectivity index (χ1n) is 18.2. The topological polar surface area (TPSA) is 378 Å². The number of nitrogens with two attached hydrogens (primary N) is 2. The number of rotatable bonds is 10. The van der Waals surface area contributed by atoms with Crippen LogP contribution in [0.3, 0.4) is 0 Å². The van der Waals surface area contributed by atoms with E-state index >= 15 is 4.39 Å². The maximum absolute atomic E-state index is 16.8. The molecule has 62 heavy (non-hydrogen) atoms. The van der Waals surface area contributed by atoms with Crippen LogP contribution in [0, 0.1) is 0 Å². The molecular weight excluding hydrogens is 885 g/mol. The van der Waals surface area contributed by atoms with Crippen LogP contribution in [0.15, 0.2) is 22.2 Å². The van der Waals surface area contributed by atoms with Crippen molar-refractivity contribution in [3.63, 3.8) is 0 Å². The first-order chi connectivity index (χ1) is 29.3. The zero-order chi connectivity index (χ0) is 44.7. The molecule has 0 amide bonds. The normalized spacial score (nSPS) is 30.5. The lowest BCUT2D eigenvalue weighted by Gasteiger charge is -2.28. The van der Waals surface area contributed by atoms with Gasteiger partial charge in [0.25, 0.3) is 11.1 Å². The number of phosphoric acid groups is 2. The summed E-state index contributed by atoms with van der Waals surface area (Å²) >= 11 is 0. The molecule has 3 aliphatic rings. The summed E-state index contributed by atoms with van der Waals surface area (Å²) in [5.74, 6) is -0.728. The predicted octanol–water partition coefficient (Wildman–Crippen LogP) is 1.02. The van der Waals surface area contributed by atoms with Gasteiger partial charge in [0.1, 0.15) is 30.5 Å². The summed E-state index contributed by atoms with van der Waals surface area (Å²) in [7, 11) is -10.5. The van der Waals surface area contributed by atoms with Gasteiger partial charge in [-0.2, -0.15) is 9.97 Å². The highest BCUT2D eigenvalue weighted by Crippen LogP contribution is 2.58. The quantitative estimate of drug-likeness (QED) is 0.0841. The Kier molecular flexibility index (Phi) is 13.0. The molecule has 4 aromatic rings. The van der Waals surface area contributed by atoms with Crippen molar-refractivity contribution in [2.24, 2.45) is 0 Å². The van der Waals surface area contributed by atoms with E-state index in [2.05, 4.69) is 29.9 Å². The fourth-order valence-corrected chi connectivity index (χ4v) is 8.68. The zero-order valence-electron chi connectivity index (χ0n) is 32.7. The fraction of sp³-hybridized carbons (Fsp3) is 0.600. The van der Waals surface area contributed by atoms with E-state index in [0.717, 1.165) is 21.8 Å². The number of halogens is 1. The number of aromatic amines is 2. The van der Waals surface area contributed by atoms with E-state index in [-0.39, 0.29) is 34.2 Å². The van der Waals surface area contributed by atoms with Crippen LogP contribution in [0.5, 0.6) is 0 Å². The summed E-state index contributed by atoms with van der Waals surface area (Å²) in [5, 5.41) is 11.6. The Morgan fingerprint density at radius 1 is 0.806 bits per heavy atom. The van der Waals surface area contributed by atoms with Crippen LogP contribution in [0.2, 0.25) is 0 Å². The van der Waals surface area contributed by atoms with E-state index < -0.39 is 127 Å². The van der Waals surface area contributed by atoms with Crippen molar-refractivity contribution >= 4 is 62.2 Å². The molecule has 7 N–H and O–H groups in total. The van der Waals surface area contributed by atoms with Gasteiger partial charge in [-0.3, -0.25) is 46.8 Å². The van der Waals surface area contributed by atoms with Crippen molar-refractivity contribution in [2.45, 2.75) is 89.1 Å². The number of ether oxygens (including phenoxy) is 6. The number of carbonyl (C=O) groups excluding carboxylic acids is 2. The van der Waals surface area contributed by atoms with Crippen molar-refractivity contribution in [1.82, 2.24) is 39.0 Å². The first-order valence-corrected chi connectivity index (χ1v) is 21.2. The predicted molar refractivity (Wildman–Crippen MR) is 198 cm³/mol. The number of nitrogen functional groups attached to an aromatic ring is 2. The van der Waals surface area contributed by atoms with Crippen LogP contribution in [0.25, 0.3) is 22.3 Å². The number of phosphoric ester groups is 2. The molecule has 0 aliphatic carbocycles. The minimum Gasteiger partial charge on any atom is -0.432 e. The van der Waals surface area contributed by atoms with Gasteiger partial charge in [0.2, 0.25) is 25.5 Å². The third-order valence-electron chi connectivity index (χ3n) is 8.76. The molecule has 10 atom stereocenters. The minimum atomic E-state index is -5.23. The Bertz CT molecular complexity index is 2520. The highest BCUT2D eigenvalue weighted by molar-refractivity contribution is 7.48. The zero-order valence-corrected chi connectivity index (χ0v) is 34.5. The Morgan fingerprint density at radius 3 is 1.76 bits per heavy atom. The average Bonchev–Trinajstić information content (AvgIpc) is 3.94. The van der Waals surface area contributed by atoms with Gasteiger partial charge in [0.15, 0.2) is 41.0 Å². The standard InChI is InChI=1S/C30H39FN10O19P2/c1-11(2)55-29(45)49-9-53-61(47)51-5-13-18(42)20(26(57-13)41-8-35-17-22(41)37-28(33)39-24(17)44)60-62(48,54-10-50-30(46)56-12(3)4)52-6-14-19(59-61)15(31)25(58-14)40-7-34-16-21(40)36-27(32)38-23(16)43/h7-8,11-15,18-20,25-26,42H,5-6,9-10H2,1-4H3,(H3,32,36,38,43)(H3,33,37,39,44)/t13-,14-,15?,18?,19?,20?,25-,26-,61?,62?/m1/s1. The molecule has 3 fully saturated rings. The van der Waals surface area contributed by atoms with Gasteiger partial charge < -0.3 is 45.0 Å². The van der Waals surface area contributed by atoms with Crippen LogP contribution >= 0.6 is 15.6 Å². The molecular formula is C30H39FN10O19P2. The summed E-state index contributed by atoms with van der Waals surface area (Å²) in [5.41, 5.74) is 8.93. The van der Waals surface area contributed by atoms with E-state index in [1.165, 1.54) is 27.7 Å². The number of H-pyrrole nitrogens is 2. The molecule has 2 bridgehead atoms. The maximum atomic E-state index is 16.8. The SMILES string of the molecule is CC(C)OC(=O)OCOP1(=O)OC[C@H]2O[C@@H](n3cnc4c(=O)[nH]c(N)nc43)C(F)C2OP(=O)(OCOC(=O)OC(C)C)OC[C@H]2O[C@@H](n3cnc4c(=O)[nH]c(N)nc43)C(O1)C2O. The number of nitrogens with one attached hydrogen (secondary N) is 2. The summed E-state index contributed by atoms with van der Waals surface area (Å²) in [6.07, 6.45) is -17.0. The molecule has 3 saturated heterocycles. The minimum absolute atomic E-state index is 0.216. The number of carbonyl (C=O) groups is 2. The van der Waals surface area contributed by atoms with Gasteiger partial charge in [-0.05, 0) is 27.7 Å². The summed E-state index contributed by atoms with van der Waals surface area (Å²) in [4.78, 5) is 70.0. The average molecular weight is 925 g/mol. The fourth-order valence-electron chi connectivity index (χ4n) is 6.18. The molecule has 3 aliphatic heterocycles. The lowest BCUT2D eigenvalue weighted by molar-refractivity contribution is -0.0815. The second-order valence-electron chi connectivity index (χ2n) is 13.9. The van der Waals surface area contributed by atoms with Crippen molar-refractivity contribution in [3.8, 4) is 0 Å². The highest BCUT2D eigenvalue weighted by atomic mass is 31.2. The number of anilines is 2. The van der Waals surface area contributed by atoms with Crippen LogP contribution in [0.1, 0.15) is 40.2 Å². The van der Waals surface area contributed by atoms with Crippen molar-refractivity contribution < 1.29 is 83.8 Å².